The Hall–Kier alpha value is -2.38. The van der Waals surface area contributed by atoms with Gasteiger partial charge in [-0.05, 0) is 29.3 Å². The van der Waals surface area contributed by atoms with Crippen molar-refractivity contribution in [2.45, 2.75) is 6.18 Å². The fraction of sp³-hybridized carbons (Fsp3) is 0.350. The molecule has 0 unspecified atom stereocenters. The number of carbonyl (C=O) groups is 1. The zero-order chi connectivity index (χ0) is 19.3. The van der Waals surface area contributed by atoms with Gasteiger partial charge in [-0.3, -0.25) is 9.69 Å². The number of amides is 1. The Balaban J connectivity index is 1.68. The van der Waals surface area contributed by atoms with Crippen LogP contribution in [0.5, 0.6) is 0 Å². The highest BCUT2D eigenvalue weighted by molar-refractivity contribution is 6.00. The Morgan fingerprint density at radius 2 is 1.70 bits per heavy atom. The van der Waals surface area contributed by atoms with Crippen LogP contribution in [0.25, 0.3) is 11.1 Å². The average Bonchev–Trinajstić information content (AvgIpc) is 2.68. The number of piperazine rings is 1. The Labute approximate surface area is 156 Å². The minimum absolute atomic E-state index is 0.222. The molecule has 27 heavy (non-hydrogen) atoms. The van der Waals surface area contributed by atoms with Gasteiger partial charge in [-0.15, -0.1) is 0 Å². The van der Waals surface area contributed by atoms with Crippen LogP contribution in [0.2, 0.25) is 0 Å². The molecule has 0 radical (unpaired) electrons. The largest absolute Gasteiger partial charge is 0.416 e. The Morgan fingerprint density at radius 1 is 1.04 bits per heavy atom. The van der Waals surface area contributed by atoms with Gasteiger partial charge < -0.3 is 10.6 Å². The van der Waals surface area contributed by atoms with Crippen LogP contribution < -0.4 is 10.6 Å². The first-order valence-electron chi connectivity index (χ1n) is 8.93. The van der Waals surface area contributed by atoms with E-state index in [-0.39, 0.29) is 5.91 Å². The average molecular weight is 377 g/mol. The van der Waals surface area contributed by atoms with Gasteiger partial charge in [-0.1, -0.05) is 30.3 Å². The normalized spacial score (nSPS) is 15.5. The number of benzene rings is 2. The summed E-state index contributed by atoms with van der Waals surface area (Å²) in [5, 5.41) is 6.19. The maximum absolute atomic E-state index is 12.8. The lowest BCUT2D eigenvalue weighted by Gasteiger charge is -2.27. The SMILES string of the molecule is O=C(NCCN1CCNCC1)c1ccccc1-c1ccc(C(F)(F)F)cc1. The van der Waals surface area contributed by atoms with Gasteiger partial charge >= 0.3 is 6.18 Å². The molecule has 0 aromatic heterocycles. The van der Waals surface area contributed by atoms with E-state index in [4.69, 9.17) is 0 Å². The van der Waals surface area contributed by atoms with Gasteiger partial charge in [0.25, 0.3) is 5.91 Å². The van der Waals surface area contributed by atoms with Crippen LogP contribution in [0, 0.1) is 0 Å². The van der Waals surface area contributed by atoms with E-state index in [1.54, 1.807) is 24.3 Å². The molecule has 0 aliphatic carbocycles. The second kappa shape index (κ2) is 8.54. The highest BCUT2D eigenvalue weighted by Gasteiger charge is 2.30. The summed E-state index contributed by atoms with van der Waals surface area (Å²) in [5.74, 6) is -0.222. The summed E-state index contributed by atoms with van der Waals surface area (Å²) in [6.07, 6.45) is -4.38. The summed E-state index contributed by atoms with van der Waals surface area (Å²) in [6, 6.07) is 11.8. The number of hydrogen-bond donors (Lipinski definition) is 2. The highest BCUT2D eigenvalue weighted by Crippen LogP contribution is 2.31. The van der Waals surface area contributed by atoms with Gasteiger partial charge in [-0.25, -0.2) is 0 Å². The molecule has 0 bridgehead atoms. The van der Waals surface area contributed by atoms with Crippen molar-refractivity contribution in [3.8, 4) is 11.1 Å². The molecule has 144 valence electrons. The monoisotopic (exact) mass is 377 g/mol. The van der Waals surface area contributed by atoms with Crippen molar-refractivity contribution >= 4 is 5.91 Å². The van der Waals surface area contributed by atoms with Crippen LogP contribution in [-0.2, 0) is 6.18 Å². The number of rotatable bonds is 5. The summed E-state index contributed by atoms with van der Waals surface area (Å²) >= 11 is 0. The summed E-state index contributed by atoms with van der Waals surface area (Å²) in [6.45, 7) is 5.11. The summed E-state index contributed by atoms with van der Waals surface area (Å²) in [7, 11) is 0. The number of nitrogens with zero attached hydrogens (tertiary/aromatic N) is 1. The molecule has 1 fully saturated rings. The maximum atomic E-state index is 12.8. The fourth-order valence-corrected chi connectivity index (χ4v) is 3.13. The second-order valence-electron chi connectivity index (χ2n) is 6.47. The predicted octanol–water partition coefficient (Wildman–Crippen LogP) is 3.01. The van der Waals surface area contributed by atoms with E-state index in [2.05, 4.69) is 15.5 Å². The van der Waals surface area contributed by atoms with Crippen molar-refractivity contribution in [3.63, 3.8) is 0 Å². The Morgan fingerprint density at radius 3 is 2.37 bits per heavy atom. The number of carbonyl (C=O) groups excluding carboxylic acids is 1. The summed E-state index contributed by atoms with van der Waals surface area (Å²) in [4.78, 5) is 14.9. The van der Waals surface area contributed by atoms with Gasteiger partial charge in [-0.2, -0.15) is 13.2 Å². The number of alkyl halides is 3. The van der Waals surface area contributed by atoms with E-state index in [1.165, 1.54) is 12.1 Å². The molecule has 1 heterocycles. The summed E-state index contributed by atoms with van der Waals surface area (Å²) in [5.41, 5.74) is 0.948. The Bertz CT molecular complexity index is 769. The molecule has 2 N–H and O–H groups in total. The third-order valence-corrected chi connectivity index (χ3v) is 4.62. The van der Waals surface area contributed by atoms with Crippen LogP contribution in [0.3, 0.4) is 0 Å². The van der Waals surface area contributed by atoms with Gasteiger partial charge in [0.1, 0.15) is 0 Å². The van der Waals surface area contributed by atoms with Crippen molar-refractivity contribution in [2.24, 2.45) is 0 Å². The van der Waals surface area contributed by atoms with Crippen molar-refractivity contribution in [1.29, 1.82) is 0 Å². The summed E-state index contributed by atoms with van der Waals surface area (Å²) < 4.78 is 38.3. The zero-order valence-electron chi connectivity index (χ0n) is 14.9. The van der Waals surface area contributed by atoms with Crippen molar-refractivity contribution in [3.05, 3.63) is 59.7 Å². The fourth-order valence-electron chi connectivity index (χ4n) is 3.13. The van der Waals surface area contributed by atoms with E-state index < -0.39 is 11.7 Å². The van der Waals surface area contributed by atoms with Crippen LogP contribution in [0.4, 0.5) is 13.2 Å². The maximum Gasteiger partial charge on any atom is 0.416 e. The number of hydrogen-bond acceptors (Lipinski definition) is 3. The van der Waals surface area contributed by atoms with E-state index in [0.717, 1.165) is 44.9 Å². The van der Waals surface area contributed by atoms with E-state index >= 15 is 0 Å². The molecule has 2 aromatic rings. The number of nitrogens with one attached hydrogen (secondary N) is 2. The molecule has 7 heteroatoms. The van der Waals surface area contributed by atoms with Crippen molar-refractivity contribution < 1.29 is 18.0 Å². The van der Waals surface area contributed by atoms with Crippen LogP contribution in [-0.4, -0.2) is 50.1 Å². The first-order valence-corrected chi connectivity index (χ1v) is 8.93. The van der Waals surface area contributed by atoms with E-state index in [9.17, 15) is 18.0 Å². The standard InChI is InChI=1S/C20H22F3N3O/c21-20(22,23)16-7-5-15(6-8-16)17-3-1-2-4-18(17)19(27)25-11-14-26-12-9-24-10-13-26/h1-8,24H,9-14H2,(H,25,27). The van der Waals surface area contributed by atoms with Gasteiger partial charge in [0, 0.05) is 44.8 Å². The lowest BCUT2D eigenvalue weighted by Crippen LogP contribution is -2.46. The lowest BCUT2D eigenvalue weighted by atomic mass is 9.98. The van der Waals surface area contributed by atoms with Gasteiger partial charge in [0.15, 0.2) is 0 Å². The molecule has 1 aliphatic rings. The van der Waals surface area contributed by atoms with Crippen LogP contribution >= 0.6 is 0 Å². The molecule has 4 nitrogen and oxygen atoms in total. The molecule has 2 aromatic carbocycles. The first kappa shape index (κ1) is 19.4. The third kappa shape index (κ3) is 5.08. The quantitative estimate of drug-likeness (QED) is 0.842. The number of halogens is 3. The van der Waals surface area contributed by atoms with Gasteiger partial charge in [0.05, 0.1) is 5.56 Å². The lowest BCUT2D eigenvalue weighted by molar-refractivity contribution is -0.137. The van der Waals surface area contributed by atoms with Crippen molar-refractivity contribution in [2.75, 3.05) is 39.3 Å². The molecule has 3 rings (SSSR count). The molecule has 1 aliphatic heterocycles. The smallest absolute Gasteiger partial charge is 0.351 e. The molecular weight excluding hydrogens is 355 g/mol. The second-order valence-corrected chi connectivity index (χ2v) is 6.47. The molecule has 0 spiro atoms. The first-order chi connectivity index (χ1) is 12.9. The zero-order valence-corrected chi connectivity index (χ0v) is 14.9. The molecular formula is C20H22F3N3O. The highest BCUT2D eigenvalue weighted by atomic mass is 19.4. The van der Waals surface area contributed by atoms with Gasteiger partial charge in [0.2, 0.25) is 0 Å². The molecule has 1 amide bonds. The molecule has 0 saturated carbocycles. The molecule has 0 atom stereocenters. The minimum Gasteiger partial charge on any atom is -0.351 e. The van der Waals surface area contributed by atoms with E-state index in [0.29, 0.717) is 23.2 Å². The Kier molecular flexibility index (Phi) is 6.13. The van der Waals surface area contributed by atoms with E-state index in [1.807, 2.05) is 0 Å². The topological polar surface area (TPSA) is 44.4 Å². The van der Waals surface area contributed by atoms with Crippen molar-refractivity contribution in [1.82, 2.24) is 15.5 Å². The predicted molar refractivity (Wildman–Crippen MR) is 98.5 cm³/mol. The van der Waals surface area contributed by atoms with Crippen LogP contribution in [0.15, 0.2) is 48.5 Å². The molecule has 1 saturated heterocycles. The third-order valence-electron chi connectivity index (χ3n) is 4.62. The minimum atomic E-state index is -4.38. The van der Waals surface area contributed by atoms with Crippen LogP contribution in [0.1, 0.15) is 15.9 Å².